The predicted molar refractivity (Wildman–Crippen MR) is 77.5 cm³/mol. The first-order chi connectivity index (χ1) is 9.13. The van der Waals surface area contributed by atoms with E-state index < -0.39 is 6.10 Å². The van der Waals surface area contributed by atoms with Crippen molar-refractivity contribution < 1.29 is 5.11 Å². The lowest BCUT2D eigenvalue weighted by Crippen LogP contribution is -2.21. The molecule has 5 heteroatoms. The summed E-state index contributed by atoms with van der Waals surface area (Å²) in [4.78, 5) is 4.24. The molecule has 0 aliphatic rings. The molecule has 0 fully saturated rings. The summed E-state index contributed by atoms with van der Waals surface area (Å²) in [6.07, 6.45) is 0.911. The van der Waals surface area contributed by atoms with Crippen LogP contribution >= 0.6 is 23.2 Å². The van der Waals surface area contributed by atoms with Crippen LogP contribution in [0.1, 0.15) is 23.3 Å². The standard InChI is InChI=1S/C14H14Cl2N2O/c15-11-5-4-9(7-12(11)16)14(19)10(8-17)13-3-1-2-6-18-13/h1-7,10,14,19H,8,17H2. The minimum absolute atomic E-state index is 0.279. The Morgan fingerprint density at radius 3 is 2.53 bits per heavy atom. The monoisotopic (exact) mass is 296 g/mol. The number of nitrogens with two attached hydrogens (primary N) is 1. The van der Waals surface area contributed by atoms with Crippen LogP contribution in [0.15, 0.2) is 42.6 Å². The minimum atomic E-state index is -0.769. The molecule has 3 N–H and O–H groups in total. The first-order valence-electron chi connectivity index (χ1n) is 5.87. The summed E-state index contributed by atoms with van der Waals surface area (Å²) in [5.74, 6) is -0.279. The van der Waals surface area contributed by atoms with Gasteiger partial charge in [-0.15, -0.1) is 0 Å². The second kappa shape index (κ2) is 6.35. The van der Waals surface area contributed by atoms with Crippen LogP contribution in [0.5, 0.6) is 0 Å². The molecule has 1 aromatic heterocycles. The second-order valence-electron chi connectivity index (χ2n) is 4.22. The third-order valence-electron chi connectivity index (χ3n) is 2.99. The van der Waals surface area contributed by atoms with Gasteiger partial charge in [-0.05, 0) is 29.8 Å². The molecule has 2 unspecified atom stereocenters. The number of aliphatic hydroxyl groups excluding tert-OH is 1. The molecule has 0 bridgehead atoms. The van der Waals surface area contributed by atoms with Crippen molar-refractivity contribution in [2.45, 2.75) is 12.0 Å². The van der Waals surface area contributed by atoms with Gasteiger partial charge in [0.1, 0.15) is 0 Å². The summed E-state index contributed by atoms with van der Waals surface area (Å²) in [7, 11) is 0. The molecule has 3 nitrogen and oxygen atoms in total. The summed E-state index contributed by atoms with van der Waals surface area (Å²) in [5.41, 5.74) is 7.18. The molecule has 2 atom stereocenters. The van der Waals surface area contributed by atoms with Gasteiger partial charge in [-0.3, -0.25) is 4.98 Å². The maximum absolute atomic E-state index is 10.4. The molecule has 0 aliphatic carbocycles. The van der Waals surface area contributed by atoms with Gasteiger partial charge in [-0.25, -0.2) is 0 Å². The third kappa shape index (κ3) is 3.25. The van der Waals surface area contributed by atoms with E-state index in [2.05, 4.69) is 4.98 Å². The smallest absolute Gasteiger partial charge is 0.0886 e. The minimum Gasteiger partial charge on any atom is -0.388 e. The van der Waals surface area contributed by atoms with Gasteiger partial charge in [0.05, 0.1) is 16.1 Å². The highest BCUT2D eigenvalue weighted by Gasteiger charge is 2.23. The summed E-state index contributed by atoms with van der Waals surface area (Å²) in [5, 5.41) is 11.3. The van der Waals surface area contributed by atoms with Crippen LogP contribution in [0.2, 0.25) is 10.0 Å². The second-order valence-corrected chi connectivity index (χ2v) is 5.03. The molecule has 0 radical (unpaired) electrons. The molecule has 2 rings (SSSR count). The number of hydrogen-bond acceptors (Lipinski definition) is 3. The normalized spacial score (nSPS) is 14.1. The van der Waals surface area contributed by atoms with E-state index in [1.807, 2.05) is 18.2 Å². The Kier molecular flexibility index (Phi) is 4.77. The van der Waals surface area contributed by atoms with Crippen molar-refractivity contribution in [3.8, 4) is 0 Å². The van der Waals surface area contributed by atoms with Gasteiger partial charge < -0.3 is 10.8 Å². The van der Waals surface area contributed by atoms with Crippen molar-refractivity contribution >= 4 is 23.2 Å². The fraction of sp³-hybridized carbons (Fsp3) is 0.214. The van der Waals surface area contributed by atoms with Gasteiger partial charge in [0.15, 0.2) is 0 Å². The number of pyridine rings is 1. The maximum atomic E-state index is 10.4. The van der Waals surface area contributed by atoms with Crippen molar-refractivity contribution in [1.82, 2.24) is 4.98 Å². The molecule has 19 heavy (non-hydrogen) atoms. The van der Waals surface area contributed by atoms with Crippen molar-refractivity contribution in [3.63, 3.8) is 0 Å². The number of benzene rings is 1. The maximum Gasteiger partial charge on any atom is 0.0886 e. The van der Waals surface area contributed by atoms with Gasteiger partial charge in [0.25, 0.3) is 0 Å². The van der Waals surface area contributed by atoms with Crippen molar-refractivity contribution in [3.05, 3.63) is 63.9 Å². The summed E-state index contributed by atoms with van der Waals surface area (Å²) < 4.78 is 0. The zero-order chi connectivity index (χ0) is 13.8. The number of aromatic nitrogens is 1. The van der Waals surface area contributed by atoms with Crippen LogP contribution < -0.4 is 5.73 Å². The molecule has 0 aliphatic heterocycles. The molecule has 0 amide bonds. The molecule has 0 saturated carbocycles. The highest BCUT2D eigenvalue weighted by Crippen LogP contribution is 2.32. The Morgan fingerprint density at radius 1 is 1.16 bits per heavy atom. The first kappa shape index (κ1) is 14.3. The van der Waals surface area contributed by atoms with Crippen molar-refractivity contribution in [1.29, 1.82) is 0 Å². The van der Waals surface area contributed by atoms with Gasteiger partial charge in [0, 0.05) is 24.4 Å². The van der Waals surface area contributed by atoms with E-state index >= 15 is 0 Å². The largest absolute Gasteiger partial charge is 0.388 e. The average Bonchev–Trinajstić information content (AvgIpc) is 2.44. The quantitative estimate of drug-likeness (QED) is 0.911. The van der Waals surface area contributed by atoms with Crippen LogP contribution in [-0.4, -0.2) is 16.6 Å². The SMILES string of the molecule is NCC(c1ccccn1)C(O)c1ccc(Cl)c(Cl)c1. The highest BCUT2D eigenvalue weighted by atomic mass is 35.5. The molecule has 0 spiro atoms. The zero-order valence-electron chi connectivity index (χ0n) is 10.1. The number of hydrogen-bond donors (Lipinski definition) is 2. The fourth-order valence-corrected chi connectivity index (χ4v) is 2.24. The Labute approximate surface area is 122 Å². The van der Waals surface area contributed by atoms with E-state index in [0.717, 1.165) is 5.69 Å². The van der Waals surface area contributed by atoms with Gasteiger partial charge >= 0.3 is 0 Å². The lowest BCUT2D eigenvalue weighted by molar-refractivity contribution is 0.145. The first-order valence-corrected chi connectivity index (χ1v) is 6.63. The predicted octanol–water partition coefficient (Wildman–Crippen LogP) is 3.16. The molecular weight excluding hydrogens is 283 g/mol. The van der Waals surface area contributed by atoms with E-state index in [-0.39, 0.29) is 5.92 Å². The van der Waals surface area contributed by atoms with Crippen LogP contribution in [0, 0.1) is 0 Å². The van der Waals surface area contributed by atoms with E-state index in [0.29, 0.717) is 22.2 Å². The Bertz CT molecular complexity index is 548. The lowest BCUT2D eigenvalue weighted by Gasteiger charge is -2.21. The Balaban J connectivity index is 2.30. The van der Waals surface area contributed by atoms with Gasteiger partial charge in [0.2, 0.25) is 0 Å². The summed E-state index contributed by atoms with van der Waals surface area (Å²) >= 11 is 11.8. The van der Waals surface area contributed by atoms with Crippen molar-refractivity contribution in [2.24, 2.45) is 5.73 Å². The molecule has 100 valence electrons. The van der Waals surface area contributed by atoms with E-state index in [1.54, 1.807) is 24.4 Å². The van der Waals surface area contributed by atoms with E-state index in [9.17, 15) is 5.11 Å². The summed E-state index contributed by atoms with van der Waals surface area (Å²) in [6, 6.07) is 10.6. The molecule has 1 aromatic carbocycles. The van der Waals surface area contributed by atoms with E-state index in [4.69, 9.17) is 28.9 Å². The Hall–Kier alpha value is -1.13. The van der Waals surface area contributed by atoms with E-state index in [1.165, 1.54) is 0 Å². The fourth-order valence-electron chi connectivity index (χ4n) is 1.94. The number of nitrogens with zero attached hydrogens (tertiary/aromatic N) is 1. The highest BCUT2D eigenvalue weighted by molar-refractivity contribution is 6.42. The van der Waals surface area contributed by atoms with Gasteiger partial charge in [-0.2, -0.15) is 0 Å². The number of aliphatic hydroxyl groups is 1. The number of halogens is 2. The van der Waals surface area contributed by atoms with Crippen LogP contribution in [0.25, 0.3) is 0 Å². The summed E-state index contributed by atoms with van der Waals surface area (Å²) in [6.45, 7) is 0.290. The average molecular weight is 297 g/mol. The van der Waals surface area contributed by atoms with Crippen molar-refractivity contribution in [2.75, 3.05) is 6.54 Å². The van der Waals surface area contributed by atoms with Crippen LogP contribution in [0.4, 0.5) is 0 Å². The van der Waals surface area contributed by atoms with Gasteiger partial charge in [-0.1, -0.05) is 35.3 Å². The molecular formula is C14H14Cl2N2O. The van der Waals surface area contributed by atoms with Crippen LogP contribution in [0.3, 0.4) is 0 Å². The zero-order valence-corrected chi connectivity index (χ0v) is 11.6. The third-order valence-corrected chi connectivity index (χ3v) is 3.73. The molecule has 0 saturated heterocycles. The topological polar surface area (TPSA) is 59.1 Å². The number of rotatable bonds is 4. The lowest BCUT2D eigenvalue weighted by atomic mass is 9.92. The molecule has 2 aromatic rings. The Morgan fingerprint density at radius 2 is 1.95 bits per heavy atom. The van der Waals surface area contributed by atoms with Crippen LogP contribution in [-0.2, 0) is 0 Å². The molecule has 1 heterocycles.